The Balaban J connectivity index is 0.00000162. The maximum Gasteiger partial charge on any atom is 0.337 e. The first-order valence-corrected chi connectivity index (χ1v) is 4.99. The van der Waals surface area contributed by atoms with Crippen molar-refractivity contribution in [1.29, 1.82) is 0 Å². The number of rotatable bonds is 2. The molecule has 4 N–H and O–H groups in total. The first-order chi connectivity index (χ1) is 7.99. The number of hydrogen-bond donors (Lipinski definition) is 2. The predicted molar refractivity (Wildman–Crippen MR) is 68.0 cm³/mol. The van der Waals surface area contributed by atoms with Crippen LogP contribution in [0, 0.1) is 5.82 Å². The van der Waals surface area contributed by atoms with Gasteiger partial charge in [-0.2, -0.15) is 0 Å². The second-order valence-electron chi connectivity index (χ2n) is 3.92. The summed E-state index contributed by atoms with van der Waals surface area (Å²) in [7, 11) is 3.46. The Hall–Kier alpha value is -2.21. The van der Waals surface area contributed by atoms with Gasteiger partial charge in [-0.05, 0) is 18.2 Å². The SMILES string of the molecule is CN(C)c1cc2ncc(C(=O)O)cc2cc1F.N. The van der Waals surface area contributed by atoms with Gasteiger partial charge in [0.15, 0.2) is 0 Å². The minimum absolute atomic E-state index is 0. The molecule has 0 bridgehead atoms. The molecule has 1 heterocycles. The topological polar surface area (TPSA) is 88.4 Å². The zero-order valence-corrected chi connectivity index (χ0v) is 10.1. The zero-order valence-electron chi connectivity index (χ0n) is 10.1. The van der Waals surface area contributed by atoms with Crippen molar-refractivity contribution in [3.05, 3.63) is 35.8 Å². The van der Waals surface area contributed by atoms with E-state index in [2.05, 4.69) is 4.98 Å². The molecule has 2 rings (SSSR count). The number of carboxylic acids is 1. The van der Waals surface area contributed by atoms with Crippen molar-refractivity contribution in [1.82, 2.24) is 11.1 Å². The Kier molecular flexibility index (Phi) is 3.82. The van der Waals surface area contributed by atoms with E-state index in [1.165, 1.54) is 18.3 Å². The van der Waals surface area contributed by atoms with E-state index in [0.29, 0.717) is 16.6 Å². The number of hydrogen-bond acceptors (Lipinski definition) is 4. The van der Waals surface area contributed by atoms with Crippen molar-refractivity contribution in [2.45, 2.75) is 0 Å². The van der Waals surface area contributed by atoms with Gasteiger partial charge in [-0.15, -0.1) is 0 Å². The highest BCUT2D eigenvalue weighted by Gasteiger charge is 2.10. The fourth-order valence-electron chi connectivity index (χ4n) is 1.60. The van der Waals surface area contributed by atoms with Gasteiger partial charge in [0.2, 0.25) is 0 Å². The maximum atomic E-state index is 13.7. The van der Waals surface area contributed by atoms with E-state index in [4.69, 9.17) is 5.11 Å². The highest BCUT2D eigenvalue weighted by Crippen LogP contribution is 2.24. The van der Waals surface area contributed by atoms with Crippen LogP contribution in [0.15, 0.2) is 24.4 Å². The Labute approximate surface area is 103 Å². The molecule has 0 atom stereocenters. The molecule has 18 heavy (non-hydrogen) atoms. The third kappa shape index (κ3) is 2.38. The molecule has 96 valence electrons. The van der Waals surface area contributed by atoms with Crippen LogP contribution in [0.3, 0.4) is 0 Å². The summed E-state index contributed by atoms with van der Waals surface area (Å²) < 4.78 is 13.7. The van der Waals surface area contributed by atoms with Crippen molar-refractivity contribution in [2.75, 3.05) is 19.0 Å². The molecule has 0 fully saturated rings. The Morgan fingerprint density at radius 3 is 2.56 bits per heavy atom. The van der Waals surface area contributed by atoms with Crippen LogP contribution in [0.5, 0.6) is 0 Å². The normalized spacial score (nSPS) is 9.94. The van der Waals surface area contributed by atoms with E-state index in [0.717, 1.165) is 0 Å². The van der Waals surface area contributed by atoms with E-state index in [-0.39, 0.29) is 11.7 Å². The third-order valence-electron chi connectivity index (χ3n) is 2.48. The molecule has 0 aliphatic carbocycles. The Morgan fingerprint density at radius 1 is 1.33 bits per heavy atom. The summed E-state index contributed by atoms with van der Waals surface area (Å²) in [5, 5.41) is 9.29. The predicted octanol–water partition coefficient (Wildman–Crippen LogP) is 2.30. The van der Waals surface area contributed by atoms with Gasteiger partial charge < -0.3 is 16.2 Å². The third-order valence-corrected chi connectivity index (χ3v) is 2.48. The first-order valence-electron chi connectivity index (χ1n) is 4.99. The van der Waals surface area contributed by atoms with Gasteiger partial charge >= 0.3 is 5.97 Å². The van der Waals surface area contributed by atoms with Crippen molar-refractivity contribution in [2.24, 2.45) is 0 Å². The number of pyridine rings is 1. The van der Waals surface area contributed by atoms with E-state index < -0.39 is 11.8 Å². The van der Waals surface area contributed by atoms with Crippen LogP contribution in [0.2, 0.25) is 0 Å². The monoisotopic (exact) mass is 251 g/mol. The highest BCUT2D eigenvalue weighted by molar-refractivity contribution is 5.93. The molecule has 0 saturated heterocycles. The van der Waals surface area contributed by atoms with Crippen molar-refractivity contribution >= 4 is 22.6 Å². The molecule has 2 aromatic rings. The van der Waals surface area contributed by atoms with Crippen LogP contribution >= 0.6 is 0 Å². The highest BCUT2D eigenvalue weighted by atomic mass is 19.1. The number of nitrogens with zero attached hydrogens (tertiary/aromatic N) is 2. The lowest BCUT2D eigenvalue weighted by atomic mass is 10.1. The molecule has 1 aromatic heterocycles. The summed E-state index contributed by atoms with van der Waals surface area (Å²) in [6.45, 7) is 0. The number of fused-ring (bicyclic) bond motifs is 1. The van der Waals surface area contributed by atoms with Gasteiger partial charge in [0.1, 0.15) is 5.82 Å². The minimum atomic E-state index is -1.07. The molecular formula is C12H14FN3O2. The van der Waals surface area contributed by atoms with Gasteiger partial charge in [0, 0.05) is 25.7 Å². The van der Waals surface area contributed by atoms with Crippen LogP contribution in [0.4, 0.5) is 10.1 Å². The van der Waals surface area contributed by atoms with Gasteiger partial charge in [0.05, 0.1) is 16.8 Å². The molecule has 0 aliphatic rings. The molecular weight excluding hydrogens is 237 g/mol. The molecule has 1 aromatic carbocycles. The molecule has 0 radical (unpaired) electrons. The Bertz CT molecular complexity index is 599. The number of anilines is 1. The lowest BCUT2D eigenvalue weighted by Crippen LogP contribution is -2.10. The number of aromatic carboxylic acids is 1. The Morgan fingerprint density at radius 2 is 2.00 bits per heavy atom. The summed E-state index contributed by atoms with van der Waals surface area (Å²) >= 11 is 0. The van der Waals surface area contributed by atoms with Gasteiger partial charge in [-0.3, -0.25) is 4.98 Å². The van der Waals surface area contributed by atoms with Crippen LogP contribution in [0.25, 0.3) is 10.9 Å². The van der Waals surface area contributed by atoms with Gasteiger partial charge in [0.25, 0.3) is 0 Å². The van der Waals surface area contributed by atoms with Gasteiger partial charge in [-0.1, -0.05) is 0 Å². The number of carbonyl (C=O) groups is 1. The zero-order chi connectivity index (χ0) is 12.6. The second-order valence-corrected chi connectivity index (χ2v) is 3.92. The van der Waals surface area contributed by atoms with Gasteiger partial charge in [-0.25, -0.2) is 9.18 Å². The molecule has 6 heteroatoms. The molecule has 5 nitrogen and oxygen atoms in total. The standard InChI is InChI=1S/C12H11FN2O2.H3N/c1-15(2)11-5-10-7(4-9(11)13)3-8(6-14-10)12(16)17;/h3-6H,1-2H3,(H,16,17);1H3. The molecule has 0 aliphatic heterocycles. The summed E-state index contributed by atoms with van der Waals surface area (Å²) in [6.07, 6.45) is 1.27. The summed E-state index contributed by atoms with van der Waals surface area (Å²) in [5.74, 6) is -1.47. The first kappa shape index (κ1) is 13.9. The fourth-order valence-corrected chi connectivity index (χ4v) is 1.60. The average molecular weight is 251 g/mol. The lowest BCUT2D eigenvalue weighted by molar-refractivity contribution is 0.0696. The molecule has 0 unspecified atom stereocenters. The average Bonchev–Trinajstić information content (AvgIpc) is 2.26. The number of carboxylic acid groups (broad SMARTS) is 1. The van der Waals surface area contributed by atoms with Crippen LogP contribution in [0.1, 0.15) is 10.4 Å². The van der Waals surface area contributed by atoms with E-state index >= 15 is 0 Å². The van der Waals surface area contributed by atoms with Crippen LogP contribution in [-0.4, -0.2) is 30.2 Å². The largest absolute Gasteiger partial charge is 0.478 e. The molecule has 0 amide bonds. The smallest absolute Gasteiger partial charge is 0.337 e. The van der Waals surface area contributed by atoms with Crippen LogP contribution < -0.4 is 11.1 Å². The summed E-state index contributed by atoms with van der Waals surface area (Å²) in [4.78, 5) is 16.4. The number of aromatic nitrogens is 1. The van der Waals surface area contributed by atoms with E-state index in [9.17, 15) is 9.18 Å². The quantitative estimate of drug-likeness (QED) is 0.854. The minimum Gasteiger partial charge on any atom is -0.478 e. The second kappa shape index (κ2) is 4.97. The van der Waals surface area contributed by atoms with Crippen LogP contribution in [-0.2, 0) is 0 Å². The maximum absolute atomic E-state index is 13.7. The van der Waals surface area contributed by atoms with Crippen molar-refractivity contribution < 1.29 is 14.3 Å². The number of benzene rings is 1. The number of halogens is 1. The fraction of sp³-hybridized carbons (Fsp3) is 0.167. The lowest BCUT2D eigenvalue weighted by Gasteiger charge is -2.14. The summed E-state index contributed by atoms with van der Waals surface area (Å²) in [6, 6.07) is 4.30. The van der Waals surface area contributed by atoms with Crippen molar-refractivity contribution in [3.8, 4) is 0 Å². The van der Waals surface area contributed by atoms with E-state index in [1.54, 1.807) is 25.1 Å². The summed E-state index contributed by atoms with van der Waals surface area (Å²) in [5.41, 5.74) is 1.04. The van der Waals surface area contributed by atoms with E-state index in [1.807, 2.05) is 0 Å². The molecule has 0 saturated carbocycles. The molecule has 0 spiro atoms. The van der Waals surface area contributed by atoms with Crippen molar-refractivity contribution in [3.63, 3.8) is 0 Å².